The summed E-state index contributed by atoms with van der Waals surface area (Å²) in [6.45, 7) is 0.158. The fourth-order valence-electron chi connectivity index (χ4n) is 1.33. The van der Waals surface area contributed by atoms with E-state index in [0.717, 1.165) is 12.8 Å². The Hall–Kier alpha value is -1.07. The van der Waals surface area contributed by atoms with Crippen molar-refractivity contribution in [2.24, 2.45) is 0 Å². The Morgan fingerprint density at radius 1 is 1.33 bits per heavy atom. The van der Waals surface area contributed by atoms with Crippen molar-refractivity contribution in [1.82, 2.24) is 4.72 Å². The molecule has 4 nitrogen and oxygen atoms in total. The maximum atomic E-state index is 11.5. The molecule has 0 aliphatic heterocycles. The second kappa shape index (κ2) is 3.83. The number of para-hydroxylation sites is 1. The van der Waals surface area contributed by atoms with Crippen LogP contribution in [0.1, 0.15) is 18.4 Å². The number of aromatic hydroxyl groups is 1. The van der Waals surface area contributed by atoms with Crippen molar-refractivity contribution in [2.45, 2.75) is 24.6 Å². The first-order chi connectivity index (χ1) is 7.09. The first-order valence-corrected chi connectivity index (χ1v) is 6.39. The molecule has 1 aliphatic carbocycles. The molecule has 2 N–H and O–H groups in total. The molecule has 1 aromatic carbocycles. The summed E-state index contributed by atoms with van der Waals surface area (Å²) in [5, 5.41) is 9.21. The summed E-state index contributed by atoms with van der Waals surface area (Å²) >= 11 is 0. The van der Waals surface area contributed by atoms with Crippen LogP contribution in [0.3, 0.4) is 0 Å². The van der Waals surface area contributed by atoms with Gasteiger partial charge < -0.3 is 5.11 Å². The fraction of sp³-hybridized carbons (Fsp3) is 0.400. The molecular formula is C10H13NO3S. The van der Waals surface area contributed by atoms with Gasteiger partial charge in [-0.3, -0.25) is 0 Å². The van der Waals surface area contributed by atoms with Gasteiger partial charge in [0, 0.05) is 12.1 Å². The standard InChI is InChI=1S/C10H13NO3S/c12-10-4-2-1-3-8(10)7-11-15(13,14)9-5-6-9/h1-4,9,11-12H,5-7H2. The minimum atomic E-state index is -3.16. The average Bonchev–Trinajstić information content (AvgIpc) is 3.00. The number of hydrogen-bond acceptors (Lipinski definition) is 3. The van der Waals surface area contributed by atoms with Gasteiger partial charge >= 0.3 is 0 Å². The monoisotopic (exact) mass is 227 g/mol. The number of benzene rings is 1. The number of nitrogens with one attached hydrogen (secondary N) is 1. The van der Waals surface area contributed by atoms with E-state index >= 15 is 0 Å². The third-order valence-corrected chi connectivity index (χ3v) is 4.31. The van der Waals surface area contributed by atoms with Crippen molar-refractivity contribution in [3.8, 4) is 5.75 Å². The minimum Gasteiger partial charge on any atom is -0.508 e. The molecule has 0 bridgehead atoms. The van der Waals surface area contributed by atoms with Gasteiger partial charge in [0.1, 0.15) is 5.75 Å². The smallest absolute Gasteiger partial charge is 0.214 e. The van der Waals surface area contributed by atoms with Crippen LogP contribution in [0.15, 0.2) is 24.3 Å². The topological polar surface area (TPSA) is 66.4 Å². The predicted molar refractivity (Wildman–Crippen MR) is 56.9 cm³/mol. The van der Waals surface area contributed by atoms with E-state index in [1.165, 1.54) is 0 Å². The summed E-state index contributed by atoms with van der Waals surface area (Å²) in [5.74, 6) is 0.121. The molecule has 1 saturated carbocycles. The predicted octanol–water partition coefficient (Wildman–Crippen LogP) is 0.974. The summed E-state index contributed by atoms with van der Waals surface area (Å²) in [4.78, 5) is 0. The van der Waals surface area contributed by atoms with Gasteiger partial charge in [0.25, 0.3) is 0 Å². The van der Waals surface area contributed by atoms with Crippen LogP contribution < -0.4 is 4.72 Å². The van der Waals surface area contributed by atoms with E-state index in [-0.39, 0.29) is 17.5 Å². The van der Waals surface area contributed by atoms with E-state index in [2.05, 4.69) is 4.72 Å². The highest BCUT2D eigenvalue weighted by Gasteiger charge is 2.35. The zero-order valence-corrected chi connectivity index (χ0v) is 9.00. The lowest BCUT2D eigenvalue weighted by atomic mass is 10.2. The van der Waals surface area contributed by atoms with E-state index in [9.17, 15) is 13.5 Å². The summed E-state index contributed by atoms with van der Waals surface area (Å²) < 4.78 is 25.5. The van der Waals surface area contributed by atoms with E-state index < -0.39 is 10.0 Å². The van der Waals surface area contributed by atoms with Gasteiger partial charge in [0.15, 0.2) is 0 Å². The molecule has 5 heteroatoms. The molecule has 0 saturated heterocycles. The number of hydrogen-bond donors (Lipinski definition) is 2. The summed E-state index contributed by atoms with van der Waals surface area (Å²) in [7, 11) is -3.16. The van der Waals surface area contributed by atoms with Crippen molar-refractivity contribution in [2.75, 3.05) is 0 Å². The van der Waals surface area contributed by atoms with Crippen LogP contribution >= 0.6 is 0 Å². The average molecular weight is 227 g/mol. The first kappa shape index (κ1) is 10.4. The van der Waals surface area contributed by atoms with Crippen molar-refractivity contribution >= 4 is 10.0 Å². The second-order valence-electron chi connectivity index (χ2n) is 3.69. The second-order valence-corrected chi connectivity index (χ2v) is 5.74. The van der Waals surface area contributed by atoms with Crippen molar-refractivity contribution in [3.63, 3.8) is 0 Å². The molecule has 2 rings (SSSR count). The van der Waals surface area contributed by atoms with E-state index in [1.807, 2.05) is 0 Å². The molecule has 15 heavy (non-hydrogen) atoms. The largest absolute Gasteiger partial charge is 0.508 e. The zero-order valence-electron chi connectivity index (χ0n) is 8.18. The molecule has 0 atom stereocenters. The molecule has 0 heterocycles. The molecule has 1 aliphatic rings. The highest BCUT2D eigenvalue weighted by Crippen LogP contribution is 2.27. The molecule has 0 radical (unpaired) electrons. The molecule has 1 aromatic rings. The van der Waals surface area contributed by atoms with Crippen molar-refractivity contribution in [3.05, 3.63) is 29.8 Å². The SMILES string of the molecule is O=S(=O)(NCc1ccccc1O)C1CC1. The molecule has 0 aromatic heterocycles. The van der Waals surface area contributed by atoms with Gasteiger partial charge in [0.2, 0.25) is 10.0 Å². The Morgan fingerprint density at radius 2 is 2.00 bits per heavy atom. The third-order valence-electron chi connectivity index (χ3n) is 2.42. The lowest BCUT2D eigenvalue weighted by Gasteiger charge is -2.06. The highest BCUT2D eigenvalue weighted by atomic mass is 32.2. The number of phenols is 1. The number of phenolic OH excluding ortho intramolecular Hbond substituents is 1. The van der Waals surface area contributed by atoms with Gasteiger partial charge in [0.05, 0.1) is 5.25 Å². The van der Waals surface area contributed by atoms with Gasteiger partial charge in [-0.2, -0.15) is 0 Å². The summed E-state index contributed by atoms with van der Waals surface area (Å²) in [6.07, 6.45) is 1.49. The Balaban J connectivity index is 2.02. The Labute approximate surface area is 89.0 Å². The Morgan fingerprint density at radius 3 is 2.60 bits per heavy atom. The maximum absolute atomic E-state index is 11.5. The van der Waals surface area contributed by atoms with Crippen LogP contribution in [0.5, 0.6) is 5.75 Å². The van der Waals surface area contributed by atoms with Gasteiger partial charge in [-0.25, -0.2) is 13.1 Å². The first-order valence-electron chi connectivity index (χ1n) is 4.85. The van der Waals surface area contributed by atoms with Crippen molar-refractivity contribution in [1.29, 1.82) is 0 Å². The summed E-state index contributed by atoms with van der Waals surface area (Å²) in [5.41, 5.74) is 0.599. The highest BCUT2D eigenvalue weighted by molar-refractivity contribution is 7.90. The molecule has 0 spiro atoms. The molecule has 1 fully saturated rings. The normalized spacial score (nSPS) is 16.5. The van der Waals surface area contributed by atoms with Crippen LogP contribution in [0.2, 0.25) is 0 Å². The Bertz CT molecular complexity index is 451. The van der Waals surface area contributed by atoms with Crippen LogP contribution in [0, 0.1) is 0 Å². The van der Waals surface area contributed by atoms with Crippen LogP contribution in [0.4, 0.5) is 0 Å². The van der Waals surface area contributed by atoms with Gasteiger partial charge in [-0.1, -0.05) is 18.2 Å². The van der Waals surface area contributed by atoms with Crippen LogP contribution in [-0.4, -0.2) is 18.8 Å². The molecular weight excluding hydrogens is 214 g/mol. The van der Waals surface area contributed by atoms with Crippen molar-refractivity contribution < 1.29 is 13.5 Å². The lowest BCUT2D eigenvalue weighted by Crippen LogP contribution is -2.26. The van der Waals surface area contributed by atoms with Crippen LogP contribution in [0.25, 0.3) is 0 Å². The summed E-state index contributed by atoms with van der Waals surface area (Å²) in [6, 6.07) is 6.71. The molecule has 0 unspecified atom stereocenters. The molecule has 0 amide bonds. The quantitative estimate of drug-likeness (QED) is 0.805. The maximum Gasteiger partial charge on any atom is 0.214 e. The molecule has 82 valence electrons. The third kappa shape index (κ3) is 2.49. The zero-order chi connectivity index (χ0) is 10.9. The van der Waals surface area contributed by atoms with E-state index in [4.69, 9.17) is 0 Å². The van der Waals surface area contributed by atoms with Crippen LogP contribution in [-0.2, 0) is 16.6 Å². The number of rotatable bonds is 4. The lowest BCUT2D eigenvalue weighted by molar-refractivity contribution is 0.467. The van der Waals surface area contributed by atoms with E-state index in [0.29, 0.717) is 5.56 Å². The number of sulfonamides is 1. The minimum absolute atomic E-state index is 0.121. The Kier molecular flexibility index (Phi) is 2.67. The fourth-order valence-corrected chi connectivity index (χ4v) is 2.68. The van der Waals surface area contributed by atoms with Gasteiger partial charge in [-0.15, -0.1) is 0 Å². The van der Waals surface area contributed by atoms with E-state index in [1.54, 1.807) is 24.3 Å². The van der Waals surface area contributed by atoms with Gasteiger partial charge in [-0.05, 0) is 18.9 Å².